The van der Waals surface area contributed by atoms with Gasteiger partial charge in [-0.1, -0.05) is 19.3 Å². The molecule has 0 atom stereocenters. The summed E-state index contributed by atoms with van der Waals surface area (Å²) in [6, 6.07) is 0. The summed E-state index contributed by atoms with van der Waals surface area (Å²) < 4.78 is 0. The Hall–Kier alpha value is -0.370. The van der Waals surface area contributed by atoms with E-state index in [2.05, 4.69) is 0 Å². The van der Waals surface area contributed by atoms with Crippen LogP contribution in [0.3, 0.4) is 0 Å². The van der Waals surface area contributed by atoms with Crippen LogP contribution in [0, 0.1) is 5.92 Å². The molecule has 0 aromatic heterocycles. The van der Waals surface area contributed by atoms with E-state index in [9.17, 15) is 0 Å². The number of carbonyl (C=O) groups is 1. The lowest BCUT2D eigenvalue weighted by atomic mass is 9.90. The van der Waals surface area contributed by atoms with Crippen LogP contribution in [0.2, 0.25) is 0 Å². The molecule has 1 rings (SSSR count). The molecule has 0 aliphatic heterocycles. The van der Waals surface area contributed by atoms with Crippen LogP contribution in [0.4, 0.5) is 0 Å². The highest BCUT2D eigenvalue weighted by molar-refractivity contribution is 5.10. The van der Waals surface area contributed by atoms with Gasteiger partial charge in [0.1, 0.15) is 6.79 Å². The van der Waals surface area contributed by atoms with Gasteiger partial charge in [-0.15, -0.1) is 0 Å². The monoisotopic (exact) mass is 144 g/mol. The molecular weight excluding hydrogens is 128 g/mol. The van der Waals surface area contributed by atoms with E-state index in [1.54, 1.807) is 0 Å². The molecule has 0 bridgehead atoms. The summed E-state index contributed by atoms with van der Waals surface area (Å²) in [4.78, 5) is 8.00. The maximum absolute atomic E-state index is 8.69. The van der Waals surface area contributed by atoms with Crippen LogP contribution in [-0.4, -0.2) is 18.5 Å². The first-order valence-electron chi connectivity index (χ1n) is 3.83. The fraction of sp³-hybridized carbons (Fsp3) is 0.875. The van der Waals surface area contributed by atoms with Gasteiger partial charge in [0, 0.05) is 6.61 Å². The van der Waals surface area contributed by atoms with Crippen LogP contribution < -0.4 is 0 Å². The van der Waals surface area contributed by atoms with Crippen molar-refractivity contribution >= 4 is 6.79 Å². The van der Waals surface area contributed by atoms with Crippen molar-refractivity contribution in [3.05, 3.63) is 0 Å². The smallest absolute Gasteiger partial charge is 0.106 e. The van der Waals surface area contributed by atoms with E-state index in [0.717, 1.165) is 0 Å². The predicted octanol–water partition coefficient (Wildman–Crippen LogP) is 1.37. The second-order valence-electron chi connectivity index (χ2n) is 2.69. The molecule has 1 fully saturated rings. The van der Waals surface area contributed by atoms with Crippen molar-refractivity contribution in [2.24, 2.45) is 5.92 Å². The van der Waals surface area contributed by atoms with Gasteiger partial charge in [0.05, 0.1) is 0 Å². The number of aliphatic hydroxyl groups is 1. The number of rotatable bonds is 1. The molecule has 1 saturated carbocycles. The van der Waals surface area contributed by atoms with Crippen LogP contribution >= 0.6 is 0 Å². The minimum absolute atomic E-state index is 0.417. The highest BCUT2D eigenvalue weighted by Gasteiger charge is 2.10. The van der Waals surface area contributed by atoms with Gasteiger partial charge < -0.3 is 9.90 Å². The molecule has 0 heterocycles. The summed E-state index contributed by atoms with van der Waals surface area (Å²) in [5, 5.41) is 8.69. The van der Waals surface area contributed by atoms with Crippen LogP contribution in [0.25, 0.3) is 0 Å². The van der Waals surface area contributed by atoms with Crippen molar-refractivity contribution < 1.29 is 9.90 Å². The normalized spacial score (nSPS) is 19.3. The van der Waals surface area contributed by atoms with Crippen molar-refractivity contribution in [2.75, 3.05) is 6.61 Å². The van der Waals surface area contributed by atoms with E-state index in [0.29, 0.717) is 12.5 Å². The number of hydrogen-bond acceptors (Lipinski definition) is 2. The molecule has 1 N–H and O–H groups in total. The summed E-state index contributed by atoms with van der Waals surface area (Å²) in [5.74, 6) is 0.642. The first-order valence-corrected chi connectivity index (χ1v) is 3.83. The molecule has 0 unspecified atom stereocenters. The lowest BCUT2D eigenvalue weighted by molar-refractivity contribution is -0.0979. The van der Waals surface area contributed by atoms with Gasteiger partial charge in [0.25, 0.3) is 0 Å². The maximum atomic E-state index is 8.69. The molecule has 0 spiro atoms. The zero-order valence-electron chi connectivity index (χ0n) is 6.38. The lowest BCUT2D eigenvalue weighted by Gasteiger charge is -2.18. The van der Waals surface area contributed by atoms with Gasteiger partial charge in [-0.25, -0.2) is 0 Å². The zero-order chi connectivity index (χ0) is 7.82. The topological polar surface area (TPSA) is 37.3 Å². The van der Waals surface area contributed by atoms with E-state index in [1.165, 1.54) is 32.1 Å². The Morgan fingerprint density at radius 1 is 1.20 bits per heavy atom. The molecule has 2 heteroatoms. The zero-order valence-corrected chi connectivity index (χ0v) is 6.38. The molecule has 1 aliphatic rings. The van der Waals surface area contributed by atoms with Gasteiger partial charge in [0.15, 0.2) is 0 Å². The average molecular weight is 144 g/mol. The van der Waals surface area contributed by atoms with Crippen LogP contribution in [0.15, 0.2) is 0 Å². The standard InChI is InChI=1S/C7H14O.CH2O/c8-6-7-4-2-1-3-5-7;1-2/h7-8H,1-6H2;1H2. The SMILES string of the molecule is C=O.OCC1CCCCC1. The summed E-state index contributed by atoms with van der Waals surface area (Å²) in [7, 11) is 0. The lowest BCUT2D eigenvalue weighted by Crippen LogP contribution is -2.09. The molecule has 0 radical (unpaired) electrons. The Bertz CT molecular complexity index is 67.7. The van der Waals surface area contributed by atoms with E-state index >= 15 is 0 Å². The maximum Gasteiger partial charge on any atom is 0.106 e. The van der Waals surface area contributed by atoms with Crippen LogP contribution in [-0.2, 0) is 4.79 Å². The van der Waals surface area contributed by atoms with Gasteiger partial charge in [0.2, 0.25) is 0 Å². The minimum atomic E-state index is 0.417. The molecule has 2 nitrogen and oxygen atoms in total. The summed E-state index contributed by atoms with van der Waals surface area (Å²) in [6.45, 7) is 2.42. The largest absolute Gasteiger partial charge is 0.396 e. The molecule has 0 amide bonds. The van der Waals surface area contributed by atoms with Gasteiger partial charge in [-0.2, -0.15) is 0 Å². The van der Waals surface area contributed by atoms with Crippen molar-refractivity contribution in [3.8, 4) is 0 Å². The summed E-state index contributed by atoms with van der Waals surface area (Å²) >= 11 is 0. The van der Waals surface area contributed by atoms with Crippen LogP contribution in [0.1, 0.15) is 32.1 Å². The highest BCUT2D eigenvalue weighted by Crippen LogP contribution is 2.22. The average Bonchev–Trinajstić information content (AvgIpc) is 2.10. The predicted molar refractivity (Wildman–Crippen MR) is 40.8 cm³/mol. The van der Waals surface area contributed by atoms with E-state index in [1.807, 2.05) is 6.79 Å². The third kappa shape index (κ3) is 3.62. The number of hydrogen-bond donors (Lipinski definition) is 1. The van der Waals surface area contributed by atoms with Crippen LogP contribution in [0.5, 0.6) is 0 Å². The van der Waals surface area contributed by atoms with Gasteiger partial charge >= 0.3 is 0 Å². The number of carbonyl (C=O) groups excluding carboxylic acids is 1. The van der Waals surface area contributed by atoms with E-state index in [4.69, 9.17) is 9.90 Å². The molecule has 1 aliphatic carbocycles. The Kier molecular flexibility index (Phi) is 6.50. The Balaban J connectivity index is 0.000000371. The quantitative estimate of drug-likeness (QED) is 0.603. The van der Waals surface area contributed by atoms with E-state index in [-0.39, 0.29) is 0 Å². The summed E-state index contributed by atoms with van der Waals surface area (Å²) in [5.41, 5.74) is 0. The number of aliphatic hydroxyl groups excluding tert-OH is 1. The van der Waals surface area contributed by atoms with Crippen molar-refractivity contribution in [2.45, 2.75) is 32.1 Å². The van der Waals surface area contributed by atoms with Gasteiger partial charge in [-0.3, -0.25) is 0 Å². The fourth-order valence-corrected chi connectivity index (χ4v) is 1.37. The van der Waals surface area contributed by atoms with E-state index < -0.39 is 0 Å². The third-order valence-electron chi connectivity index (χ3n) is 1.98. The first-order chi connectivity index (χ1) is 4.93. The van der Waals surface area contributed by atoms with Crippen molar-refractivity contribution in [3.63, 3.8) is 0 Å². The Morgan fingerprint density at radius 2 is 1.70 bits per heavy atom. The second kappa shape index (κ2) is 6.75. The van der Waals surface area contributed by atoms with Crippen molar-refractivity contribution in [1.29, 1.82) is 0 Å². The Labute approximate surface area is 62.2 Å². The molecule has 10 heavy (non-hydrogen) atoms. The fourth-order valence-electron chi connectivity index (χ4n) is 1.37. The second-order valence-corrected chi connectivity index (χ2v) is 2.69. The first kappa shape index (κ1) is 9.63. The molecule has 0 saturated heterocycles. The van der Waals surface area contributed by atoms with Crippen molar-refractivity contribution in [1.82, 2.24) is 0 Å². The molecule has 0 aromatic carbocycles. The summed E-state index contributed by atoms with van der Waals surface area (Å²) in [6.07, 6.45) is 6.58. The minimum Gasteiger partial charge on any atom is -0.396 e. The third-order valence-corrected chi connectivity index (χ3v) is 1.98. The molecule has 0 aromatic rings. The Morgan fingerprint density at radius 3 is 2.00 bits per heavy atom. The molecular formula is C8H16O2. The molecule has 60 valence electrons. The van der Waals surface area contributed by atoms with Gasteiger partial charge in [-0.05, 0) is 18.8 Å². The highest BCUT2D eigenvalue weighted by atomic mass is 16.3.